The number of carbonyl (C=O) groups is 5. The lowest BCUT2D eigenvalue weighted by molar-refractivity contribution is -0.145. The molecule has 0 aliphatic heterocycles. The SMILES string of the molecule is CCCCCCCCCCCCN(CC(=O)N(/C=C(\CC)CCCC)CC(=O)N(CCCCCCCCCCCC)CC(=O)N(CC(N)=O)CC(CC)CCCC)C(=O)CNCCN. The van der Waals surface area contributed by atoms with Gasteiger partial charge in [-0.25, -0.2) is 0 Å². The molecule has 1 atom stereocenters. The number of rotatable bonds is 45. The second kappa shape index (κ2) is 42.6. The molecule has 0 aromatic rings. The van der Waals surface area contributed by atoms with Crippen molar-refractivity contribution in [3.63, 3.8) is 0 Å². The smallest absolute Gasteiger partial charge is 0.246 e. The number of primary amides is 1. The van der Waals surface area contributed by atoms with Crippen LogP contribution >= 0.6 is 0 Å². The van der Waals surface area contributed by atoms with Crippen molar-refractivity contribution in [3.8, 4) is 0 Å². The van der Waals surface area contributed by atoms with E-state index in [1.807, 2.05) is 6.20 Å². The molecule has 0 rings (SSSR count). The predicted molar refractivity (Wildman–Crippen MR) is 267 cm³/mol. The Morgan fingerprint density at radius 1 is 0.516 bits per heavy atom. The van der Waals surface area contributed by atoms with Crippen LogP contribution in [0.5, 0.6) is 0 Å². The predicted octanol–water partition coefficient (Wildman–Crippen LogP) is 9.88. The van der Waals surface area contributed by atoms with Gasteiger partial charge in [0.2, 0.25) is 29.5 Å². The van der Waals surface area contributed by atoms with E-state index >= 15 is 0 Å². The van der Waals surface area contributed by atoms with E-state index in [1.165, 1.54) is 93.3 Å². The van der Waals surface area contributed by atoms with E-state index in [0.717, 1.165) is 102 Å². The molecule has 0 bridgehead atoms. The second-order valence-electron chi connectivity index (χ2n) is 18.4. The summed E-state index contributed by atoms with van der Waals surface area (Å²) in [7, 11) is 0. The lowest BCUT2D eigenvalue weighted by Gasteiger charge is -2.31. The van der Waals surface area contributed by atoms with Crippen LogP contribution in [0.25, 0.3) is 0 Å². The van der Waals surface area contributed by atoms with Crippen LogP contribution < -0.4 is 16.8 Å². The third-order valence-electron chi connectivity index (χ3n) is 12.5. The van der Waals surface area contributed by atoms with Gasteiger partial charge in [0, 0.05) is 38.9 Å². The van der Waals surface area contributed by atoms with E-state index < -0.39 is 5.91 Å². The lowest BCUT2D eigenvalue weighted by Crippen LogP contribution is -2.50. The molecule has 5 N–H and O–H groups in total. The maximum Gasteiger partial charge on any atom is 0.246 e. The number of nitrogens with two attached hydrogens (primary N) is 2. The minimum atomic E-state index is -0.581. The molecule has 1 unspecified atom stereocenters. The standard InChI is InChI=1S/C52H101N7O5/c1-7-13-17-19-21-23-25-27-29-31-37-56(49(61)39-55-36-35-53)43-52(64)59(41-47(12-6)34-16-10-4)45-50(62)57(38-32-30-28-26-24-22-20-18-14-8-2)44-51(63)58(42-48(54)60)40-46(11-5)33-15-9-3/h41,46,55H,7-40,42-45,53H2,1-6H3,(H2,54,60)/b47-41+. The number of nitrogens with zero attached hydrogens (tertiary/aromatic N) is 4. The van der Waals surface area contributed by atoms with Crippen molar-refractivity contribution < 1.29 is 24.0 Å². The van der Waals surface area contributed by atoms with Gasteiger partial charge >= 0.3 is 0 Å². The molecule has 0 radical (unpaired) electrons. The van der Waals surface area contributed by atoms with Crippen LogP contribution in [-0.2, 0) is 24.0 Å². The maximum atomic E-state index is 14.5. The van der Waals surface area contributed by atoms with Gasteiger partial charge in [0.05, 0.1) is 19.6 Å². The van der Waals surface area contributed by atoms with E-state index in [-0.39, 0.29) is 62.3 Å². The van der Waals surface area contributed by atoms with E-state index in [1.54, 1.807) is 9.80 Å². The van der Waals surface area contributed by atoms with E-state index in [2.05, 4.69) is 46.9 Å². The molecular formula is C52H101N7O5. The molecular weight excluding hydrogens is 803 g/mol. The van der Waals surface area contributed by atoms with Gasteiger partial charge in [-0.15, -0.1) is 0 Å². The van der Waals surface area contributed by atoms with Crippen molar-refractivity contribution in [2.75, 3.05) is 65.4 Å². The Kier molecular flexibility index (Phi) is 40.6. The topological polar surface area (TPSA) is 162 Å². The molecule has 0 aliphatic carbocycles. The number of hydrogen-bond acceptors (Lipinski definition) is 7. The van der Waals surface area contributed by atoms with Crippen molar-refractivity contribution in [2.45, 2.75) is 221 Å². The Labute approximate surface area is 393 Å². The first-order valence-corrected chi connectivity index (χ1v) is 26.5. The fraction of sp³-hybridized carbons (Fsp3) is 0.865. The van der Waals surface area contributed by atoms with Crippen molar-refractivity contribution in [2.24, 2.45) is 17.4 Å². The van der Waals surface area contributed by atoms with Crippen molar-refractivity contribution >= 4 is 29.5 Å². The molecule has 0 saturated heterocycles. The molecule has 0 saturated carbocycles. The highest BCUT2D eigenvalue weighted by molar-refractivity contribution is 5.91. The van der Waals surface area contributed by atoms with Gasteiger partial charge in [-0.2, -0.15) is 0 Å². The summed E-state index contributed by atoms with van der Waals surface area (Å²) >= 11 is 0. The molecule has 0 aromatic heterocycles. The fourth-order valence-corrected chi connectivity index (χ4v) is 8.17. The average molecular weight is 904 g/mol. The van der Waals surface area contributed by atoms with Crippen LogP contribution in [0.15, 0.2) is 11.8 Å². The molecule has 12 nitrogen and oxygen atoms in total. The molecule has 0 spiro atoms. The Balaban J connectivity index is 6.39. The molecule has 5 amide bonds. The zero-order chi connectivity index (χ0) is 47.6. The average Bonchev–Trinajstić information content (AvgIpc) is 3.28. The van der Waals surface area contributed by atoms with Gasteiger partial charge in [-0.05, 0) is 44.4 Å². The maximum absolute atomic E-state index is 14.5. The van der Waals surface area contributed by atoms with Gasteiger partial charge in [-0.3, -0.25) is 24.0 Å². The number of unbranched alkanes of at least 4 members (excludes halogenated alkanes) is 20. The van der Waals surface area contributed by atoms with E-state index in [0.29, 0.717) is 32.7 Å². The monoisotopic (exact) mass is 904 g/mol. The summed E-state index contributed by atoms with van der Waals surface area (Å²) in [6.07, 6.45) is 32.3. The van der Waals surface area contributed by atoms with Gasteiger partial charge in [0.1, 0.15) is 13.1 Å². The number of hydrogen-bond donors (Lipinski definition) is 3. The first kappa shape index (κ1) is 61.0. The van der Waals surface area contributed by atoms with Gasteiger partial charge < -0.3 is 36.4 Å². The Morgan fingerprint density at radius 2 is 0.969 bits per heavy atom. The highest BCUT2D eigenvalue weighted by Gasteiger charge is 2.28. The minimum absolute atomic E-state index is 0.0849. The van der Waals surface area contributed by atoms with Crippen LogP contribution in [0, 0.1) is 5.92 Å². The summed E-state index contributed by atoms with van der Waals surface area (Å²) in [5, 5.41) is 3.10. The third kappa shape index (κ3) is 32.6. The van der Waals surface area contributed by atoms with Crippen LogP contribution in [0.3, 0.4) is 0 Å². The largest absolute Gasteiger partial charge is 0.368 e. The highest BCUT2D eigenvalue weighted by atomic mass is 16.2. The lowest BCUT2D eigenvalue weighted by atomic mass is 9.98. The molecule has 0 aliphatic rings. The molecule has 0 aromatic carbocycles. The second-order valence-corrected chi connectivity index (χ2v) is 18.4. The Bertz CT molecular complexity index is 1230. The summed E-state index contributed by atoms with van der Waals surface area (Å²) in [6, 6.07) is 0. The quantitative estimate of drug-likeness (QED) is 0.0513. The summed E-state index contributed by atoms with van der Waals surface area (Å²) in [4.78, 5) is 75.2. The Hall–Kier alpha value is -2.99. The first-order valence-electron chi connectivity index (χ1n) is 26.5. The van der Waals surface area contributed by atoms with E-state index in [4.69, 9.17) is 11.5 Å². The van der Waals surface area contributed by atoms with E-state index in [9.17, 15) is 24.0 Å². The number of allylic oxidation sites excluding steroid dienone is 1. The molecule has 374 valence electrons. The first-order chi connectivity index (χ1) is 31.0. The summed E-state index contributed by atoms with van der Waals surface area (Å²) < 4.78 is 0. The van der Waals surface area contributed by atoms with Crippen LogP contribution in [0.2, 0.25) is 0 Å². The summed E-state index contributed by atoms with van der Waals surface area (Å²) in [5.74, 6) is -1.48. The normalized spacial score (nSPS) is 12.0. The number of carbonyl (C=O) groups excluding carboxylic acids is 5. The van der Waals surface area contributed by atoms with Crippen LogP contribution in [0.1, 0.15) is 221 Å². The summed E-state index contributed by atoms with van der Waals surface area (Å²) in [6.45, 7) is 14.3. The highest BCUT2D eigenvalue weighted by Crippen LogP contribution is 2.18. The van der Waals surface area contributed by atoms with Crippen molar-refractivity contribution in [1.82, 2.24) is 24.9 Å². The molecule has 12 heteroatoms. The molecule has 0 heterocycles. The van der Waals surface area contributed by atoms with Crippen molar-refractivity contribution in [3.05, 3.63) is 11.8 Å². The van der Waals surface area contributed by atoms with Gasteiger partial charge in [-0.1, -0.05) is 188 Å². The fourth-order valence-electron chi connectivity index (χ4n) is 8.17. The van der Waals surface area contributed by atoms with Gasteiger partial charge in [0.15, 0.2) is 0 Å². The molecule has 0 fully saturated rings. The zero-order valence-electron chi connectivity index (χ0n) is 42.5. The number of nitrogens with one attached hydrogen (secondary N) is 1. The summed E-state index contributed by atoms with van der Waals surface area (Å²) in [5.41, 5.74) is 12.4. The van der Waals surface area contributed by atoms with Gasteiger partial charge in [0.25, 0.3) is 0 Å². The van der Waals surface area contributed by atoms with Crippen LogP contribution in [0.4, 0.5) is 0 Å². The Morgan fingerprint density at radius 3 is 1.42 bits per heavy atom. The zero-order valence-corrected chi connectivity index (χ0v) is 42.5. The molecule has 64 heavy (non-hydrogen) atoms. The van der Waals surface area contributed by atoms with Crippen LogP contribution in [-0.4, -0.2) is 115 Å². The minimum Gasteiger partial charge on any atom is -0.368 e. The number of amides is 5. The van der Waals surface area contributed by atoms with Crippen molar-refractivity contribution in [1.29, 1.82) is 0 Å². The third-order valence-corrected chi connectivity index (χ3v) is 12.5.